The van der Waals surface area contributed by atoms with Crippen LogP contribution in [0.3, 0.4) is 0 Å². The van der Waals surface area contributed by atoms with Crippen LogP contribution < -0.4 is 4.74 Å². The van der Waals surface area contributed by atoms with Gasteiger partial charge in [-0.25, -0.2) is 14.4 Å². The highest BCUT2D eigenvalue weighted by Gasteiger charge is 2.46. The van der Waals surface area contributed by atoms with Gasteiger partial charge < -0.3 is 9.84 Å². The van der Waals surface area contributed by atoms with Crippen molar-refractivity contribution in [2.24, 2.45) is 0 Å². The van der Waals surface area contributed by atoms with Gasteiger partial charge in [0.25, 0.3) is 0 Å². The molecule has 0 aliphatic carbocycles. The van der Waals surface area contributed by atoms with E-state index < -0.39 is 17.5 Å². The van der Waals surface area contributed by atoms with Crippen molar-refractivity contribution in [3.63, 3.8) is 0 Å². The molecule has 0 saturated heterocycles. The van der Waals surface area contributed by atoms with E-state index in [9.17, 15) is 9.50 Å². The standard InChI is InChI=1S/C18H15FN2O2/c1-10-16(21-14-6-4-3-5-13(14)20-10)17-18(2,22)12-9-11(19)7-8-15(12)23-17/h3-9,17,22H,1-2H3. The van der Waals surface area contributed by atoms with E-state index in [1.807, 2.05) is 31.2 Å². The van der Waals surface area contributed by atoms with Crippen LogP contribution in [0.25, 0.3) is 11.0 Å². The van der Waals surface area contributed by atoms with Crippen LogP contribution in [-0.4, -0.2) is 15.1 Å². The second kappa shape index (κ2) is 4.73. The van der Waals surface area contributed by atoms with E-state index in [2.05, 4.69) is 9.97 Å². The van der Waals surface area contributed by atoms with Crippen molar-refractivity contribution in [2.75, 3.05) is 0 Å². The van der Waals surface area contributed by atoms with Gasteiger partial charge in [0, 0.05) is 5.56 Å². The lowest BCUT2D eigenvalue weighted by atomic mass is 9.89. The predicted molar refractivity (Wildman–Crippen MR) is 83.6 cm³/mol. The quantitative estimate of drug-likeness (QED) is 0.748. The fraction of sp³-hybridized carbons (Fsp3) is 0.222. The molecule has 0 fully saturated rings. The third-order valence-corrected chi connectivity index (χ3v) is 4.27. The number of ether oxygens (including phenoxy) is 1. The molecule has 4 rings (SSSR count). The summed E-state index contributed by atoms with van der Waals surface area (Å²) in [6.07, 6.45) is -0.726. The third kappa shape index (κ3) is 2.08. The molecule has 2 unspecified atom stereocenters. The van der Waals surface area contributed by atoms with Gasteiger partial charge in [-0.15, -0.1) is 0 Å². The molecule has 0 bridgehead atoms. The summed E-state index contributed by atoms with van der Waals surface area (Å²) in [6.45, 7) is 3.44. The summed E-state index contributed by atoms with van der Waals surface area (Å²) >= 11 is 0. The molecule has 0 saturated carbocycles. The zero-order chi connectivity index (χ0) is 16.2. The van der Waals surface area contributed by atoms with Crippen molar-refractivity contribution in [1.82, 2.24) is 9.97 Å². The smallest absolute Gasteiger partial charge is 0.175 e. The van der Waals surface area contributed by atoms with Crippen LogP contribution in [0.2, 0.25) is 0 Å². The molecule has 5 heteroatoms. The Labute approximate surface area is 132 Å². The highest BCUT2D eigenvalue weighted by atomic mass is 19.1. The maximum Gasteiger partial charge on any atom is 0.175 e. The molecule has 23 heavy (non-hydrogen) atoms. The van der Waals surface area contributed by atoms with E-state index in [1.54, 1.807) is 6.92 Å². The Morgan fingerprint density at radius 3 is 2.57 bits per heavy atom. The normalized spacial score (nSPS) is 22.9. The summed E-state index contributed by atoms with van der Waals surface area (Å²) in [6, 6.07) is 11.7. The first-order valence-electron chi connectivity index (χ1n) is 7.39. The number of halogens is 1. The van der Waals surface area contributed by atoms with E-state index in [-0.39, 0.29) is 0 Å². The van der Waals surface area contributed by atoms with Gasteiger partial charge in [0.1, 0.15) is 22.9 Å². The summed E-state index contributed by atoms with van der Waals surface area (Å²) in [5.41, 5.74) is 1.81. The van der Waals surface area contributed by atoms with Crippen molar-refractivity contribution in [1.29, 1.82) is 0 Å². The number of aliphatic hydroxyl groups is 1. The first-order valence-corrected chi connectivity index (χ1v) is 7.39. The Kier molecular flexibility index (Phi) is 2.90. The molecular formula is C18H15FN2O2. The lowest BCUT2D eigenvalue weighted by molar-refractivity contribution is -0.0285. The van der Waals surface area contributed by atoms with Gasteiger partial charge in [0.2, 0.25) is 0 Å². The summed E-state index contributed by atoms with van der Waals surface area (Å²) in [5, 5.41) is 10.9. The van der Waals surface area contributed by atoms with Crippen molar-refractivity contribution in [3.05, 3.63) is 65.2 Å². The van der Waals surface area contributed by atoms with Gasteiger partial charge in [-0.05, 0) is 44.2 Å². The fourth-order valence-corrected chi connectivity index (χ4v) is 3.06. The van der Waals surface area contributed by atoms with Crippen molar-refractivity contribution in [2.45, 2.75) is 25.6 Å². The molecule has 1 N–H and O–H groups in total. The molecule has 0 radical (unpaired) electrons. The van der Waals surface area contributed by atoms with Gasteiger partial charge in [-0.2, -0.15) is 0 Å². The van der Waals surface area contributed by atoms with Crippen LogP contribution in [0.5, 0.6) is 5.75 Å². The Balaban J connectivity index is 1.87. The van der Waals surface area contributed by atoms with Crippen molar-refractivity contribution < 1.29 is 14.2 Å². The van der Waals surface area contributed by atoms with Crippen molar-refractivity contribution >= 4 is 11.0 Å². The number of benzene rings is 2. The first kappa shape index (κ1) is 14.1. The molecule has 3 aromatic rings. The van der Waals surface area contributed by atoms with Gasteiger partial charge >= 0.3 is 0 Å². The van der Waals surface area contributed by atoms with Gasteiger partial charge in [0.15, 0.2) is 6.10 Å². The second-order valence-corrected chi connectivity index (χ2v) is 5.97. The summed E-state index contributed by atoms with van der Waals surface area (Å²) in [5.74, 6) is 0.0605. The lowest BCUT2D eigenvalue weighted by Gasteiger charge is -2.25. The monoisotopic (exact) mass is 310 g/mol. The van der Waals surface area contributed by atoms with E-state index in [1.165, 1.54) is 18.2 Å². The minimum atomic E-state index is -1.38. The van der Waals surface area contributed by atoms with Crippen LogP contribution in [-0.2, 0) is 5.60 Å². The zero-order valence-corrected chi connectivity index (χ0v) is 12.7. The predicted octanol–water partition coefficient (Wildman–Crippen LogP) is 3.42. The number of hydrogen-bond donors (Lipinski definition) is 1. The number of nitrogens with zero attached hydrogens (tertiary/aromatic N) is 2. The van der Waals surface area contributed by atoms with Crippen LogP contribution in [0, 0.1) is 12.7 Å². The molecule has 1 aliphatic rings. The van der Waals surface area contributed by atoms with Gasteiger partial charge in [0.05, 0.1) is 16.7 Å². The molecule has 4 nitrogen and oxygen atoms in total. The topological polar surface area (TPSA) is 55.2 Å². The largest absolute Gasteiger partial charge is 0.480 e. The molecule has 0 spiro atoms. The third-order valence-electron chi connectivity index (χ3n) is 4.27. The van der Waals surface area contributed by atoms with E-state index in [0.29, 0.717) is 22.7 Å². The van der Waals surface area contributed by atoms with E-state index in [0.717, 1.165) is 11.0 Å². The highest BCUT2D eigenvalue weighted by Crippen LogP contribution is 2.48. The second-order valence-electron chi connectivity index (χ2n) is 5.97. The Morgan fingerprint density at radius 1 is 1.13 bits per heavy atom. The van der Waals surface area contributed by atoms with Gasteiger partial charge in [-0.1, -0.05) is 12.1 Å². The lowest BCUT2D eigenvalue weighted by Crippen LogP contribution is -2.29. The molecule has 2 heterocycles. The maximum absolute atomic E-state index is 13.5. The number of hydrogen-bond acceptors (Lipinski definition) is 4. The van der Waals surface area contributed by atoms with Crippen LogP contribution in [0.15, 0.2) is 42.5 Å². The number of aryl methyl sites for hydroxylation is 1. The molecular weight excluding hydrogens is 295 g/mol. The Bertz CT molecular complexity index is 924. The zero-order valence-electron chi connectivity index (χ0n) is 12.7. The summed E-state index contributed by atoms with van der Waals surface area (Å²) in [7, 11) is 0. The molecule has 0 amide bonds. The molecule has 2 aromatic carbocycles. The summed E-state index contributed by atoms with van der Waals surface area (Å²) in [4.78, 5) is 9.16. The van der Waals surface area contributed by atoms with Crippen LogP contribution in [0.4, 0.5) is 4.39 Å². The van der Waals surface area contributed by atoms with Gasteiger partial charge in [-0.3, -0.25) is 0 Å². The summed E-state index contributed by atoms with van der Waals surface area (Å²) < 4.78 is 19.4. The number of aromatic nitrogens is 2. The molecule has 116 valence electrons. The molecule has 1 aromatic heterocycles. The SMILES string of the molecule is Cc1nc2ccccc2nc1C1Oc2ccc(F)cc2C1(C)O. The Morgan fingerprint density at radius 2 is 1.83 bits per heavy atom. The average molecular weight is 310 g/mol. The minimum Gasteiger partial charge on any atom is -0.480 e. The highest BCUT2D eigenvalue weighted by molar-refractivity contribution is 5.74. The fourth-order valence-electron chi connectivity index (χ4n) is 3.06. The first-order chi connectivity index (χ1) is 11.0. The maximum atomic E-state index is 13.5. The van der Waals surface area contributed by atoms with Crippen LogP contribution >= 0.6 is 0 Å². The average Bonchev–Trinajstić information content (AvgIpc) is 2.78. The molecule has 1 aliphatic heterocycles. The number of fused-ring (bicyclic) bond motifs is 2. The van der Waals surface area contributed by atoms with Crippen LogP contribution in [0.1, 0.15) is 30.0 Å². The Hall–Kier alpha value is -2.53. The van der Waals surface area contributed by atoms with E-state index >= 15 is 0 Å². The minimum absolute atomic E-state index is 0.408. The van der Waals surface area contributed by atoms with Crippen molar-refractivity contribution in [3.8, 4) is 5.75 Å². The number of para-hydroxylation sites is 2. The molecule has 2 atom stereocenters. The number of rotatable bonds is 1. The van der Waals surface area contributed by atoms with E-state index in [4.69, 9.17) is 4.74 Å².